The van der Waals surface area contributed by atoms with E-state index in [-0.39, 0.29) is 5.97 Å². The van der Waals surface area contributed by atoms with Gasteiger partial charge in [-0.2, -0.15) is 0 Å². The van der Waals surface area contributed by atoms with Gasteiger partial charge in [-0.1, -0.05) is 13.8 Å². The lowest BCUT2D eigenvalue weighted by atomic mass is 9.99. The fraction of sp³-hybridized carbons (Fsp3) is 0.667. The molecule has 0 spiro atoms. The van der Waals surface area contributed by atoms with Crippen molar-refractivity contribution >= 4 is 5.97 Å². The van der Waals surface area contributed by atoms with Crippen LogP contribution in [0.1, 0.15) is 20.3 Å². The molecule has 0 N–H and O–H groups in total. The fourth-order valence-electron chi connectivity index (χ4n) is 1.07. The van der Waals surface area contributed by atoms with Crippen molar-refractivity contribution in [2.45, 2.75) is 26.4 Å². The van der Waals surface area contributed by atoms with Gasteiger partial charge in [0.05, 0.1) is 18.8 Å². The number of hydrogen-bond donors (Lipinski definition) is 0. The molecule has 2 atom stereocenters. The zero-order chi connectivity index (χ0) is 8.97. The molecule has 0 radical (unpaired) electrons. The van der Waals surface area contributed by atoms with E-state index in [1.54, 1.807) is 0 Å². The Bertz CT molecular complexity index is 184. The lowest BCUT2D eigenvalue weighted by Gasteiger charge is -2.33. The molecule has 2 aliphatic rings. The zero-order valence-electron chi connectivity index (χ0n) is 7.45. The summed E-state index contributed by atoms with van der Waals surface area (Å²) in [6, 6.07) is 0. The van der Waals surface area contributed by atoms with Crippen LogP contribution in [0.4, 0.5) is 0 Å². The first-order valence-corrected chi connectivity index (χ1v) is 4.22. The van der Waals surface area contributed by atoms with E-state index in [1.165, 1.54) is 18.8 Å². The van der Waals surface area contributed by atoms with Crippen LogP contribution in [0, 0.1) is 5.92 Å². The van der Waals surface area contributed by atoms with E-state index < -0.39 is 0 Å². The predicted octanol–water partition coefficient (Wildman–Crippen LogP) is 1.49. The first-order chi connectivity index (χ1) is 5.74. The second kappa shape index (κ2) is 4.26. The van der Waals surface area contributed by atoms with Gasteiger partial charge in [0, 0.05) is 5.92 Å². The van der Waals surface area contributed by atoms with Crippen LogP contribution < -0.4 is 0 Å². The first-order valence-electron chi connectivity index (χ1n) is 4.22. The third kappa shape index (κ3) is 2.34. The Morgan fingerprint density at radius 3 is 2.25 bits per heavy atom. The minimum atomic E-state index is -0.245. The molecule has 12 heavy (non-hydrogen) atoms. The van der Waals surface area contributed by atoms with Crippen LogP contribution in [-0.2, 0) is 14.3 Å². The molecule has 1 saturated heterocycles. The second-order valence-corrected chi connectivity index (χ2v) is 3.00. The van der Waals surface area contributed by atoms with Gasteiger partial charge in [0.2, 0.25) is 0 Å². The third-order valence-electron chi connectivity index (χ3n) is 2.00. The molecule has 2 heterocycles. The molecule has 68 valence electrons. The Balaban J connectivity index is 0.000000127. The molecule has 0 bridgehead atoms. The molecular weight excluding hydrogens is 156 g/mol. The first kappa shape index (κ1) is 9.26. The highest BCUT2D eigenvalue weighted by Gasteiger charge is 2.25. The summed E-state index contributed by atoms with van der Waals surface area (Å²) in [5.41, 5.74) is 0. The van der Waals surface area contributed by atoms with Crippen LogP contribution in [-0.4, -0.2) is 18.7 Å². The van der Waals surface area contributed by atoms with Gasteiger partial charge in [0.15, 0.2) is 0 Å². The maximum atomic E-state index is 9.59. The lowest BCUT2D eigenvalue weighted by Crippen LogP contribution is -2.36. The van der Waals surface area contributed by atoms with E-state index in [0.717, 1.165) is 12.5 Å². The molecule has 2 aliphatic heterocycles. The van der Waals surface area contributed by atoms with Gasteiger partial charge in [0.1, 0.15) is 6.26 Å². The van der Waals surface area contributed by atoms with E-state index in [1.807, 2.05) is 0 Å². The van der Waals surface area contributed by atoms with Crippen molar-refractivity contribution in [3.05, 3.63) is 12.3 Å². The van der Waals surface area contributed by atoms with Gasteiger partial charge in [-0.3, -0.25) is 0 Å². The van der Waals surface area contributed by atoms with Crippen LogP contribution in [0.25, 0.3) is 0 Å². The average Bonchev–Trinajstić information content (AvgIpc) is 2.00. The van der Waals surface area contributed by atoms with Gasteiger partial charge in [-0.15, -0.1) is 0 Å². The summed E-state index contributed by atoms with van der Waals surface area (Å²) in [5, 5.41) is 0. The minimum absolute atomic E-state index is 0.245. The van der Waals surface area contributed by atoms with Gasteiger partial charge < -0.3 is 9.47 Å². The van der Waals surface area contributed by atoms with Crippen molar-refractivity contribution in [1.29, 1.82) is 0 Å². The summed E-state index contributed by atoms with van der Waals surface area (Å²) >= 11 is 0. The smallest absolute Gasteiger partial charge is 0.338 e. The number of cyclic esters (lactones) is 1. The zero-order valence-corrected chi connectivity index (χ0v) is 7.45. The van der Waals surface area contributed by atoms with Gasteiger partial charge >= 0.3 is 5.97 Å². The molecule has 0 aromatic rings. The van der Waals surface area contributed by atoms with Crippen LogP contribution in [0.5, 0.6) is 0 Å². The Hall–Kier alpha value is -0.830. The van der Waals surface area contributed by atoms with Gasteiger partial charge in [-0.25, -0.2) is 4.79 Å². The Morgan fingerprint density at radius 1 is 1.67 bits per heavy atom. The van der Waals surface area contributed by atoms with Crippen LogP contribution in [0.3, 0.4) is 0 Å². The largest absolute Gasteiger partial charge is 0.431 e. The number of rotatable bonds is 1. The number of esters is 1. The third-order valence-corrected chi connectivity index (χ3v) is 2.00. The minimum Gasteiger partial charge on any atom is -0.431 e. The van der Waals surface area contributed by atoms with Crippen molar-refractivity contribution < 1.29 is 14.3 Å². The van der Waals surface area contributed by atoms with E-state index in [2.05, 4.69) is 18.6 Å². The summed E-state index contributed by atoms with van der Waals surface area (Å²) < 4.78 is 9.30. The maximum absolute atomic E-state index is 9.59. The summed E-state index contributed by atoms with van der Waals surface area (Å²) in [6.45, 7) is 5.39. The van der Waals surface area contributed by atoms with E-state index in [0.29, 0.717) is 6.10 Å². The van der Waals surface area contributed by atoms with E-state index >= 15 is 0 Å². The highest BCUT2D eigenvalue weighted by atomic mass is 16.5. The lowest BCUT2D eigenvalue weighted by molar-refractivity contribution is -0.136. The van der Waals surface area contributed by atoms with Gasteiger partial charge in [0.25, 0.3) is 0 Å². The molecule has 0 aromatic heterocycles. The summed E-state index contributed by atoms with van der Waals surface area (Å²) in [5.74, 6) is 0.579. The quantitative estimate of drug-likeness (QED) is 0.559. The summed E-state index contributed by atoms with van der Waals surface area (Å²) in [4.78, 5) is 9.59. The highest BCUT2D eigenvalue weighted by Crippen LogP contribution is 2.21. The predicted molar refractivity (Wildman–Crippen MR) is 44.4 cm³/mol. The number of carbonyl (C=O) groups excluding carboxylic acids is 1. The highest BCUT2D eigenvalue weighted by molar-refractivity contribution is 5.86. The monoisotopic (exact) mass is 170 g/mol. The average molecular weight is 170 g/mol. The number of carbonyl (C=O) groups is 1. The molecule has 0 saturated carbocycles. The maximum Gasteiger partial charge on any atom is 0.338 e. The molecule has 0 aromatic carbocycles. The van der Waals surface area contributed by atoms with Crippen molar-refractivity contribution in [2.24, 2.45) is 5.92 Å². The SMILES string of the molecule is CCC1OCC1C.O=C1C=CO1. The molecule has 3 heteroatoms. The molecule has 1 fully saturated rings. The normalized spacial score (nSPS) is 30.7. The fourth-order valence-corrected chi connectivity index (χ4v) is 1.07. The van der Waals surface area contributed by atoms with Crippen molar-refractivity contribution in [3.63, 3.8) is 0 Å². The number of ether oxygens (including phenoxy) is 2. The standard InChI is InChI=1S/C6H12O.C3H2O2/c1-3-6-5(2)4-7-6;4-3-1-2-5-3/h5-6H,3-4H2,1-2H3;1-2H. The second-order valence-electron chi connectivity index (χ2n) is 3.00. The van der Waals surface area contributed by atoms with Crippen LogP contribution in [0.15, 0.2) is 12.3 Å². The van der Waals surface area contributed by atoms with E-state index in [9.17, 15) is 4.79 Å². The molecular formula is C9H14O3. The van der Waals surface area contributed by atoms with E-state index in [4.69, 9.17) is 4.74 Å². The van der Waals surface area contributed by atoms with Crippen molar-refractivity contribution in [2.75, 3.05) is 6.61 Å². The Labute approximate surface area is 72.4 Å². The Morgan fingerprint density at radius 2 is 2.25 bits per heavy atom. The summed E-state index contributed by atoms with van der Waals surface area (Å²) in [7, 11) is 0. The molecule has 0 aliphatic carbocycles. The van der Waals surface area contributed by atoms with Gasteiger partial charge in [-0.05, 0) is 6.42 Å². The van der Waals surface area contributed by atoms with Crippen LogP contribution in [0.2, 0.25) is 0 Å². The molecule has 0 amide bonds. The van der Waals surface area contributed by atoms with Crippen molar-refractivity contribution in [1.82, 2.24) is 0 Å². The topological polar surface area (TPSA) is 35.5 Å². The molecule has 3 nitrogen and oxygen atoms in total. The molecule has 2 rings (SSSR count). The Kier molecular flexibility index (Phi) is 3.29. The van der Waals surface area contributed by atoms with Crippen molar-refractivity contribution in [3.8, 4) is 0 Å². The number of hydrogen-bond acceptors (Lipinski definition) is 3. The molecule has 2 unspecified atom stereocenters. The van der Waals surface area contributed by atoms with Crippen LogP contribution >= 0.6 is 0 Å². The summed E-state index contributed by atoms with van der Waals surface area (Å²) in [6.07, 6.45) is 4.48.